The largest absolute Gasteiger partial charge is 0.462 e. The van der Waals surface area contributed by atoms with Gasteiger partial charge in [-0.25, -0.2) is 24.5 Å². The first-order valence-corrected chi connectivity index (χ1v) is 11.8. The molecule has 12 heteroatoms. The highest BCUT2D eigenvalue weighted by atomic mass is 16.5. The van der Waals surface area contributed by atoms with Gasteiger partial charge in [-0.2, -0.15) is 10.1 Å². The van der Waals surface area contributed by atoms with Gasteiger partial charge in [0.05, 0.1) is 22.0 Å². The molecule has 1 N–H and O–H groups in total. The van der Waals surface area contributed by atoms with Crippen LogP contribution in [0.2, 0.25) is 0 Å². The molecule has 190 valence electrons. The number of benzene rings is 2. The van der Waals surface area contributed by atoms with Crippen LogP contribution in [-0.2, 0) is 4.74 Å². The Kier molecular flexibility index (Phi) is 5.56. The maximum atomic E-state index is 12.1. The summed E-state index contributed by atoms with van der Waals surface area (Å²) >= 11 is 0. The number of ether oxygens (including phenoxy) is 2. The number of pyridine rings is 1. The van der Waals surface area contributed by atoms with Gasteiger partial charge in [-0.05, 0) is 68.8 Å². The van der Waals surface area contributed by atoms with E-state index in [-0.39, 0.29) is 5.54 Å². The SMILES string of the molecule is Cc1cc(N(N=O)c2ncnc3ccc(NC4=NC(C)(C)CO4)cc23)ccc1Oc1ccn2ncnc2c1. The van der Waals surface area contributed by atoms with Crippen molar-refractivity contribution in [3.8, 4) is 11.5 Å². The van der Waals surface area contributed by atoms with Crippen molar-refractivity contribution in [1.29, 1.82) is 0 Å². The average molecular weight is 510 g/mol. The van der Waals surface area contributed by atoms with Crippen molar-refractivity contribution in [3.05, 3.63) is 77.9 Å². The molecule has 0 unspecified atom stereocenters. The predicted molar refractivity (Wildman–Crippen MR) is 143 cm³/mol. The number of nitrogens with one attached hydrogen (secondary N) is 1. The molecule has 0 saturated heterocycles. The molecule has 0 fully saturated rings. The van der Waals surface area contributed by atoms with E-state index in [9.17, 15) is 4.91 Å². The lowest BCUT2D eigenvalue weighted by Crippen LogP contribution is -2.17. The minimum absolute atomic E-state index is 0.289. The van der Waals surface area contributed by atoms with Crippen LogP contribution in [0, 0.1) is 11.8 Å². The Morgan fingerprint density at radius 2 is 1.97 bits per heavy atom. The van der Waals surface area contributed by atoms with Gasteiger partial charge in [0.25, 0.3) is 6.02 Å². The quantitative estimate of drug-likeness (QED) is 0.243. The summed E-state index contributed by atoms with van der Waals surface area (Å²) in [5.41, 5.74) is 3.10. The zero-order valence-electron chi connectivity index (χ0n) is 20.9. The molecule has 0 spiro atoms. The number of amidine groups is 1. The second-order valence-corrected chi connectivity index (χ2v) is 9.44. The number of aliphatic imine (C=N–C) groups is 1. The highest BCUT2D eigenvalue weighted by Crippen LogP contribution is 2.35. The minimum Gasteiger partial charge on any atom is -0.462 e. The summed E-state index contributed by atoms with van der Waals surface area (Å²) in [7, 11) is 0. The fourth-order valence-corrected chi connectivity index (χ4v) is 4.14. The molecule has 5 aromatic rings. The lowest BCUT2D eigenvalue weighted by Gasteiger charge is -2.18. The molecule has 38 heavy (non-hydrogen) atoms. The predicted octanol–water partition coefficient (Wildman–Crippen LogP) is 5.17. The lowest BCUT2D eigenvalue weighted by molar-refractivity contribution is 0.278. The minimum atomic E-state index is -0.289. The summed E-state index contributed by atoms with van der Waals surface area (Å²) in [4.78, 5) is 29.5. The first kappa shape index (κ1) is 23.3. The van der Waals surface area contributed by atoms with E-state index >= 15 is 0 Å². The molecule has 3 aromatic heterocycles. The molecular weight excluding hydrogens is 486 g/mol. The molecule has 0 amide bonds. The van der Waals surface area contributed by atoms with Gasteiger partial charge in [-0.15, -0.1) is 4.91 Å². The smallest absolute Gasteiger partial charge is 0.289 e. The summed E-state index contributed by atoms with van der Waals surface area (Å²) in [6.07, 6.45) is 4.66. The fourth-order valence-electron chi connectivity index (χ4n) is 4.14. The van der Waals surface area contributed by atoms with Crippen molar-refractivity contribution in [2.75, 3.05) is 16.9 Å². The van der Waals surface area contributed by atoms with Crippen molar-refractivity contribution in [3.63, 3.8) is 0 Å². The number of anilines is 3. The average Bonchev–Trinajstić information content (AvgIpc) is 3.51. The van der Waals surface area contributed by atoms with E-state index < -0.39 is 0 Å². The molecule has 0 bridgehead atoms. The third-order valence-electron chi connectivity index (χ3n) is 6.00. The maximum absolute atomic E-state index is 12.1. The van der Waals surface area contributed by atoms with E-state index in [0.29, 0.717) is 52.2 Å². The van der Waals surface area contributed by atoms with E-state index in [2.05, 4.69) is 35.6 Å². The maximum Gasteiger partial charge on any atom is 0.289 e. The van der Waals surface area contributed by atoms with E-state index in [1.807, 2.05) is 45.0 Å². The molecule has 0 saturated carbocycles. The Morgan fingerprint density at radius 3 is 2.76 bits per heavy atom. The van der Waals surface area contributed by atoms with Crippen LogP contribution in [-0.4, -0.2) is 42.7 Å². The van der Waals surface area contributed by atoms with Crippen LogP contribution < -0.4 is 15.1 Å². The first-order chi connectivity index (χ1) is 18.4. The summed E-state index contributed by atoms with van der Waals surface area (Å²) in [5.74, 6) is 1.59. The van der Waals surface area contributed by atoms with E-state index in [1.54, 1.807) is 35.0 Å². The van der Waals surface area contributed by atoms with Gasteiger partial charge in [0.2, 0.25) is 0 Å². The number of hydrogen-bond donors (Lipinski definition) is 1. The Balaban J connectivity index is 1.30. The Labute approximate surface area is 216 Å². The fraction of sp³-hybridized carbons (Fsp3) is 0.192. The number of nitroso groups, excluding NO2 is 1. The number of aromatic nitrogens is 5. The van der Waals surface area contributed by atoms with E-state index in [4.69, 9.17) is 9.47 Å². The van der Waals surface area contributed by atoms with E-state index in [1.165, 1.54) is 17.7 Å². The van der Waals surface area contributed by atoms with Crippen LogP contribution in [0.5, 0.6) is 11.5 Å². The third kappa shape index (κ3) is 4.43. The van der Waals surface area contributed by atoms with Gasteiger partial charge in [0, 0.05) is 23.3 Å². The van der Waals surface area contributed by atoms with Crippen molar-refractivity contribution in [1.82, 2.24) is 24.6 Å². The summed E-state index contributed by atoms with van der Waals surface area (Å²) in [5, 5.41) is 12.4. The van der Waals surface area contributed by atoms with Crippen LogP contribution in [0.15, 0.2) is 77.7 Å². The Morgan fingerprint density at radius 1 is 1.08 bits per heavy atom. The Bertz CT molecular complexity index is 1710. The molecule has 0 radical (unpaired) electrons. The molecule has 0 atom stereocenters. The van der Waals surface area contributed by atoms with Crippen LogP contribution in [0.25, 0.3) is 16.6 Å². The third-order valence-corrected chi connectivity index (χ3v) is 6.00. The van der Waals surface area contributed by atoms with Crippen molar-refractivity contribution in [2.45, 2.75) is 26.3 Å². The summed E-state index contributed by atoms with van der Waals surface area (Å²) in [6, 6.07) is 14.9. The van der Waals surface area contributed by atoms with Gasteiger partial charge >= 0.3 is 0 Å². The second-order valence-electron chi connectivity index (χ2n) is 9.44. The topological polar surface area (TPSA) is 131 Å². The van der Waals surface area contributed by atoms with Crippen molar-refractivity contribution in [2.24, 2.45) is 10.3 Å². The van der Waals surface area contributed by atoms with Crippen molar-refractivity contribution < 1.29 is 9.47 Å². The number of rotatable bonds is 6. The van der Waals surface area contributed by atoms with Crippen molar-refractivity contribution >= 4 is 39.8 Å². The van der Waals surface area contributed by atoms with Gasteiger partial charge in [-0.3, -0.25) is 0 Å². The Hall–Kier alpha value is -5.13. The number of hydrogen-bond acceptors (Lipinski definition) is 10. The monoisotopic (exact) mass is 509 g/mol. The summed E-state index contributed by atoms with van der Waals surface area (Å²) < 4.78 is 13.4. The zero-order chi connectivity index (χ0) is 26.3. The zero-order valence-corrected chi connectivity index (χ0v) is 20.9. The first-order valence-electron chi connectivity index (χ1n) is 11.8. The highest BCUT2D eigenvalue weighted by Gasteiger charge is 2.26. The highest BCUT2D eigenvalue weighted by molar-refractivity contribution is 5.97. The molecule has 2 aromatic carbocycles. The standard InChI is InChI=1S/C26H23N9O3/c1-16-10-18(5-7-22(16)38-19-8-9-34-23(12-19)28-15-30-34)35(33-36)24-20-11-17(4-6-21(20)27-14-29-24)31-25-32-26(2,3)13-37-25/h4-12,14-15H,13H2,1-3H3,(H,31,32). The molecule has 12 nitrogen and oxygen atoms in total. The summed E-state index contributed by atoms with van der Waals surface area (Å²) in [6.45, 7) is 6.38. The molecule has 4 heterocycles. The van der Waals surface area contributed by atoms with Crippen LogP contribution >= 0.6 is 0 Å². The van der Waals surface area contributed by atoms with E-state index in [0.717, 1.165) is 11.3 Å². The molecule has 1 aliphatic rings. The van der Waals surface area contributed by atoms with Crippen LogP contribution in [0.3, 0.4) is 0 Å². The normalized spacial score (nSPS) is 14.2. The van der Waals surface area contributed by atoms with Gasteiger partial charge in [-0.1, -0.05) is 0 Å². The number of aryl methyl sites for hydroxylation is 1. The van der Waals surface area contributed by atoms with Crippen LogP contribution in [0.4, 0.5) is 17.2 Å². The second kappa shape index (κ2) is 9.07. The number of fused-ring (bicyclic) bond motifs is 2. The molecule has 1 aliphatic heterocycles. The molecule has 6 rings (SSSR count). The molecular formula is C26H23N9O3. The van der Waals surface area contributed by atoms with Gasteiger partial charge in [0.15, 0.2) is 11.5 Å². The van der Waals surface area contributed by atoms with Crippen LogP contribution in [0.1, 0.15) is 19.4 Å². The van der Waals surface area contributed by atoms with Gasteiger partial charge < -0.3 is 14.8 Å². The molecule has 0 aliphatic carbocycles. The van der Waals surface area contributed by atoms with Gasteiger partial charge in [0.1, 0.15) is 30.8 Å². The lowest BCUT2D eigenvalue weighted by atomic mass is 10.1. The number of nitrogens with zero attached hydrogens (tertiary/aromatic N) is 8.